The van der Waals surface area contributed by atoms with Crippen molar-refractivity contribution >= 4 is 40.3 Å². The number of aromatic nitrogens is 3. The molecular weight excluding hydrogens is 530 g/mol. The summed E-state index contributed by atoms with van der Waals surface area (Å²) in [5.74, 6) is 0.792. The van der Waals surface area contributed by atoms with Crippen molar-refractivity contribution in [3.05, 3.63) is 77.7 Å². The molecule has 2 fully saturated rings. The highest BCUT2D eigenvalue weighted by atomic mass is 32.1. The summed E-state index contributed by atoms with van der Waals surface area (Å²) in [7, 11) is 1.86. The van der Waals surface area contributed by atoms with Gasteiger partial charge in [0.2, 0.25) is 0 Å². The van der Waals surface area contributed by atoms with Gasteiger partial charge in [0, 0.05) is 37.3 Å². The number of nitrogens with one attached hydrogen (secondary N) is 1. The molecule has 2 aliphatic rings. The molecule has 7 nitrogen and oxygen atoms in total. The van der Waals surface area contributed by atoms with Gasteiger partial charge in [-0.05, 0) is 86.2 Å². The van der Waals surface area contributed by atoms with E-state index in [1.807, 2.05) is 25.4 Å². The Kier molecular flexibility index (Phi) is 8.70. The van der Waals surface area contributed by atoms with Crippen LogP contribution < -0.4 is 10.1 Å². The zero-order valence-electron chi connectivity index (χ0n) is 23.6. The van der Waals surface area contributed by atoms with Gasteiger partial charge < -0.3 is 14.8 Å². The number of pyridine rings is 1. The predicted molar refractivity (Wildman–Crippen MR) is 169 cm³/mol. The van der Waals surface area contributed by atoms with Crippen molar-refractivity contribution in [2.24, 2.45) is 0 Å². The highest BCUT2D eigenvalue weighted by Crippen LogP contribution is 2.33. The van der Waals surface area contributed by atoms with Gasteiger partial charge >= 0.3 is 0 Å². The Morgan fingerprint density at radius 1 is 1.07 bits per heavy atom. The SMILES string of the molecule is CNC(=S)c1ccccc1-c1ccc2c(/C=C/c3cncc(OCCN4CCCC4)c3)nn(C3CCCCO3)c2c1. The van der Waals surface area contributed by atoms with Gasteiger partial charge in [-0.3, -0.25) is 9.88 Å². The first-order valence-corrected chi connectivity index (χ1v) is 15.0. The average Bonchev–Trinajstić information content (AvgIpc) is 3.68. The Hall–Kier alpha value is -3.59. The van der Waals surface area contributed by atoms with Crippen molar-refractivity contribution in [1.82, 2.24) is 25.0 Å². The lowest BCUT2D eigenvalue weighted by Gasteiger charge is -2.23. The van der Waals surface area contributed by atoms with E-state index in [9.17, 15) is 0 Å². The van der Waals surface area contributed by atoms with E-state index >= 15 is 0 Å². The highest BCUT2D eigenvalue weighted by molar-refractivity contribution is 7.80. The first-order valence-electron chi connectivity index (χ1n) is 14.6. The Labute approximate surface area is 247 Å². The molecule has 41 heavy (non-hydrogen) atoms. The quantitative estimate of drug-likeness (QED) is 0.237. The Morgan fingerprint density at radius 3 is 2.78 bits per heavy atom. The molecule has 6 rings (SSSR count). The second kappa shape index (κ2) is 12.9. The van der Waals surface area contributed by atoms with Gasteiger partial charge in [-0.25, -0.2) is 4.68 Å². The molecule has 0 spiro atoms. The van der Waals surface area contributed by atoms with Crippen LogP contribution in [0, 0.1) is 0 Å². The minimum absolute atomic E-state index is 0.0775. The Morgan fingerprint density at radius 2 is 1.95 bits per heavy atom. The number of fused-ring (bicyclic) bond motifs is 1. The normalized spacial score (nSPS) is 17.8. The largest absolute Gasteiger partial charge is 0.491 e. The molecule has 2 aromatic carbocycles. The smallest absolute Gasteiger partial charge is 0.150 e. The monoisotopic (exact) mass is 567 g/mol. The highest BCUT2D eigenvalue weighted by Gasteiger charge is 2.21. The third-order valence-electron chi connectivity index (χ3n) is 7.92. The maximum Gasteiger partial charge on any atom is 0.150 e. The van der Waals surface area contributed by atoms with E-state index in [1.165, 1.54) is 25.9 Å². The van der Waals surface area contributed by atoms with E-state index in [1.54, 1.807) is 6.20 Å². The molecule has 1 unspecified atom stereocenters. The lowest BCUT2D eigenvalue weighted by molar-refractivity contribution is -0.0367. The van der Waals surface area contributed by atoms with Crippen molar-refractivity contribution in [3.63, 3.8) is 0 Å². The third kappa shape index (κ3) is 6.35. The fourth-order valence-electron chi connectivity index (χ4n) is 5.74. The maximum absolute atomic E-state index is 6.18. The van der Waals surface area contributed by atoms with Crippen LogP contribution in [-0.4, -0.2) is 64.5 Å². The maximum atomic E-state index is 6.18. The summed E-state index contributed by atoms with van der Waals surface area (Å²) < 4.78 is 14.3. The van der Waals surface area contributed by atoms with Crippen molar-refractivity contribution < 1.29 is 9.47 Å². The summed E-state index contributed by atoms with van der Waals surface area (Å²) in [5, 5.41) is 9.27. The topological polar surface area (TPSA) is 64.4 Å². The first kappa shape index (κ1) is 27.6. The van der Waals surface area contributed by atoms with E-state index in [0.29, 0.717) is 6.61 Å². The van der Waals surface area contributed by atoms with E-state index in [-0.39, 0.29) is 6.23 Å². The second-order valence-electron chi connectivity index (χ2n) is 10.7. The minimum Gasteiger partial charge on any atom is -0.491 e. The molecule has 1 N–H and O–H groups in total. The van der Waals surface area contributed by atoms with Gasteiger partial charge in [-0.15, -0.1) is 0 Å². The fraction of sp³-hybridized carbons (Fsp3) is 0.364. The lowest BCUT2D eigenvalue weighted by Crippen LogP contribution is -2.25. The lowest BCUT2D eigenvalue weighted by atomic mass is 9.98. The van der Waals surface area contributed by atoms with Gasteiger partial charge in [0.15, 0.2) is 6.23 Å². The molecule has 2 saturated heterocycles. The molecule has 0 saturated carbocycles. The van der Waals surface area contributed by atoms with E-state index in [2.05, 4.69) is 68.4 Å². The van der Waals surface area contributed by atoms with Gasteiger partial charge in [-0.1, -0.05) is 48.6 Å². The molecule has 0 amide bonds. The summed E-state index contributed by atoms with van der Waals surface area (Å²) >= 11 is 5.60. The Balaban J connectivity index is 1.29. The van der Waals surface area contributed by atoms with Gasteiger partial charge in [0.05, 0.1) is 17.4 Å². The summed E-state index contributed by atoms with van der Waals surface area (Å²) in [6.07, 6.45) is 13.4. The molecule has 2 aromatic heterocycles. The molecule has 212 valence electrons. The molecule has 0 bridgehead atoms. The molecule has 2 aliphatic heterocycles. The number of thiocarbonyl (C=S) groups is 1. The molecular formula is C33H37N5O2S. The number of ether oxygens (including phenoxy) is 2. The van der Waals surface area contributed by atoms with Crippen molar-refractivity contribution in [1.29, 1.82) is 0 Å². The number of nitrogens with zero attached hydrogens (tertiary/aromatic N) is 4. The van der Waals surface area contributed by atoms with Crippen LogP contribution in [-0.2, 0) is 4.74 Å². The number of likely N-dealkylation sites (tertiary alicyclic amines) is 1. The van der Waals surface area contributed by atoms with Crippen molar-refractivity contribution in [2.45, 2.75) is 38.3 Å². The van der Waals surface area contributed by atoms with Crippen molar-refractivity contribution in [2.75, 3.05) is 39.9 Å². The fourth-order valence-corrected chi connectivity index (χ4v) is 5.91. The standard InChI is InChI=1S/C33H37N5O2S/c1-34-33(41)28-9-3-2-8-27(28)25-12-13-29-30(36-38(31(29)21-25)32-10-4-7-18-40-32)14-11-24-20-26(23-35-22-24)39-19-17-37-15-5-6-16-37/h2-3,8-9,11-14,20-23,32H,4-7,10,15-19H2,1H3,(H,34,41)/b14-11+. The molecule has 1 atom stereocenters. The molecule has 0 aliphatic carbocycles. The first-order chi connectivity index (χ1) is 20.2. The third-order valence-corrected chi connectivity index (χ3v) is 8.34. The van der Waals surface area contributed by atoms with Crippen LogP contribution in [0.5, 0.6) is 5.75 Å². The summed E-state index contributed by atoms with van der Waals surface area (Å²) in [5.41, 5.74) is 6.14. The van der Waals surface area contributed by atoms with Crippen LogP contribution in [0.1, 0.15) is 55.2 Å². The summed E-state index contributed by atoms with van der Waals surface area (Å²) in [6, 6.07) is 16.8. The molecule has 8 heteroatoms. The molecule has 0 radical (unpaired) electrons. The molecule has 4 aromatic rings. The van der Waals surface area contributed by atoms with Gasteiger partial charge in [0.25, 0.3) is 0 Å². The van der Waals surface area contributed by atoms with Crippen LogP contribution in [0.15, 0.2) is 60.9 Å². The van der Waals surface area contributed by atoms with Crippen LogP contribution in [0.4, 0.5) is 0 Å². The van der Waals surface area contributed by atoms with E-state index in [0.717, 1.165) is 82.0 Å². The zero-order chi connectivity index (χ0) is 28.0. The minimum atomic E-state index is -0.0775. The molecule has 4 heterocycles. The van der Waals surface area contributed by atoms with Gasteiger partial charge in [0.1, 0.15) is 17.3 Å². The zero-order valence-corrected chi connectivity index (χ0v) is 24.4. The van der Waals surface area contributed by atoms with E-state index in [4.69, 9.17) is 26.8 Å². The number of benzene rings is 2. The number of hydrogen-bond donors (Lipinski definition) is 1. The summed E-state index contributed by atoms with van der Waals surface area (Å²) in [4.78, 5) is 7.59. The van der Waals surface area contributed by atoms with E-state index < -0.39 is 0 Å². The summed E-state index contributed by atoms with van der Waals surface area (Å²) in [6.45, 7) is 4.74. The predicted octanol–water partition coefficient (Wildman–Crippen LogP) is 6.34. The van der Waals surface area contributed by atoms with Crippen LogP contribution in [0.25, 0.3) is 34.2 Å². The van der Waals surface area contributed by atoms with Crippen LogP contribution in [0.3, 0.4) is 0 Å². The Bertz CT molecular complexity index is 1540. The number of rotatable bonds is 9. The van der Waals surface area contributed by atoms with Gasteiger partial charge in [-0.2, -0.15) is 5.10 Å². The van der Waals surface area contributed by atoms with Crippen LogP contribution >= 0.6 is 12.2 Å². The second-order valence-corrected chi connectivity index (χ2v) is 11.1. The number of hydrogen-bond acceptors (Lipinski definition) is 6. The van der Waals surface area contributed by atoms with Crippen molar-refractivity contribution in [3.8, 4) is 16.9 Å². The average molecular weight is 568 g/mol. The van der Waals surface area contributed by atoms with Crippen LogP contribution in [0.2, 0.25) is 0 Å².